The molecule has 2 atom stereocenters. The molecule has 0 N–H and O–H groups in total. The third-order valence-corrected chi connectivity index (χ3v) is 13.4. The zero-order valence-electron chi connectivity index (χ0n) is 31.6. The fraction of sp³-hybridized carbons (Fsp3) is 0.231. The highest BCUT2D eigenvalue weighted by Gasteiger charge is 2.57. The van der Waals surface area contributed by atoms with E-state index in [4.69, 9.17) is 0 Å². The van der Waals surface area contributed by atoms with E-state index in [9.17, 15) is 0 Å². The van der Waals surface area contributed by atoms with E-state index in [1.165, 1.54) is 114 Å². The van der Waals surface area contributed by atoms with E-state index in [-0.39, 0.29) is 16.4 Å². The SMILES string of the molecule is CC(C)(C)c1ccc(N2c3ccc(-c4cc(-c5ccccc5)c5ccc6ccc(-c7ccccc7)c7ccc4c5c67)cc3C3(C)CCCCC23C)cc1. The first-order valence-electron chi connectivity index (χ1n) is 19.6. The molecule has 8 aromatic rings. The van der Waals surface area contributed by atoms with Gasteiger partial charge in [-0.1, -0.05) is 156 Å². The lowest BCUT2D eigenvalue weighted by Crippen LogP contribution is -2.54. The first kappa shape index (κ1) is 32.3. The van der Waals surface area contributed by atoms with Crippen LogP contribution in [0.2, 0.25) is 0 Å². The van der Waals surface area contributed by atoms with Gasteiger partial charge in [0.05, 0.1) is 5.54 Å². The molecule has 0 amide bonds. The molecule has 1 aliphatic carbocycles. The molecular formula is C52H47N. The summed E-state index contributed by atoms with van der Waals surface area (Å²) >= 11 is 0. The first-order chi connectivity index (χ1) is 25.7. The highest BCUT2D eigenvalue weighted by atomic mass is 15.3. The number of hydrogen-bond acceptors (Lipinski definition) is 1. The summed E-state index contributed by atoms with van der Waals surface area (Å²) in [7, 11) is 0. The van der Waals surface area contributed by atoms with Gasteiger partial charge in [0.1, 0.15) is 0 Å². The molecule has 260 valence electrons. The van der Waals surface area contributed by atoms with Crippen LogP contribution >= 0.6 is 0 Å². The molecule has 1 aliphatic heterocycles. The normalized spacial score (nSPS) is 20.0. The topological polar surface area (TPSA) is 3.24 Å². The second-order valence-corrected chi connectivity index (χ2v) is 17.2. The van der Waals surface area contributed by atoms with Gasteiger partial charge in [-0.25, -0.2) is 0 Å². The Kier molecular flexibility index (Phi) is 7.03. The van der Waals surface area contributed by atoms with Gasteiger partial charge in [-0.3, -0.25) is 0 Å². The van der Waals surface area contributed by atoms with Crippen molar-refractivity contribution in [2.45, 2.75) is 76.7 Å². The highest BCUT2D eigenvalue weighted by Crippen LogP contribution is 2.61. The van der Waals surface area contributed by atoms with Gasteiger partial charge in [0.15, 0.2) is 0 Å². The zero-order valence-corrected chi connectivity index (χ0v) is 31.6. The number of anilines is 2. The van der Waals surface area contributed by atoms with Gasteiger partial charge in [-0.2, -0.15) is 0 Å². The Bertz CT molecular complexity index is 2660. The monoisotopic (exact) mass is 685 g/mol. The second kappa shape index (κ2) is 11.5. The maximum Gasteiger partial charge on any atom is 0.0517 e. The standard InChI is InChI=1S/C52H47N/c1-50(2,3)38-21-23-39(24-22-38)53-47-29-20-37(32-46(47)51(4)30-12-13-31-52(51,53)5)45-33-44(35-16-10-7-11-17-35)42-26-19-36-18-25-40(34-14-8-6-9-15-34)41-27-28-43(45)49(42)48(36)41/h6-11,14-29,32-33H,12-13,30-31H2,1-5H3. The van der Waals surface area contributed by atoms with E-state index in [1.54, 1.807) is 0 Å². The Hall–Kier alpha value is -5.40. The molecule has 53 heavy (non-hydrogen) atoms. The van der Waals surface area contributed by atoms with Crippen LogP contribution in [0.4, 0.5) is 11.4 Å². The molecule has 2 aliphatic rings. The molecule has 0 radical (unpaired) electrons. The summed E-state index contributed by atoms with van der Waals surface area (Å²) in [5, 5.41) is 7.97. The Morgan fingerprint density at radius 2 is 1.09 bits per heavy atom. The van der Waals surface area contributed by atoms with E-state index in [0.29, 0.717) is 0 Å². The maximum atomic E-state index is 2.71. The van der Waals surface area contributed by atoms with Gasteiger partial charge in [-0.05, 0) is 132 Å². The van der Waals surface area contributed by atoms with Crippen LogP contribution in [0.3, 0.4) is 0 Å². The largest absolute Gasteiger partial charge is 0.334 e. The number of hydrogen-bond donors (Lipinski definition) is 0. The lowest BCUT2D eigenvalue weighted by Gasteiger charge is -2.50. The number of rotatable bonds is 4. The molecule has 0 bridgehead atoms. The minimum Gasteiger partial charge on any atom is -0.334 e. The summed E-state index contributed by atoms with van der Waals surface area (Å²) in [6.07, 6.45) is 4.93. The van der Waals surface area contributed by atoms with E-state index in [1.807, 2.05) is 0 Å². The van der Waals surface area contributed by atoms with Gasteiger partial charge in [-0.15, -0.1) is 0 Å². The summed E-state index contributed by atoms with van der Waals surface area (Å²) in [4.78, 5) is 2.71. The maximum absolute atomic E-state index is 2.71. The van der Waals surface area contributed by atoms with Crippen LogP contribution in [0.15, 0.2) is 146 Å². The third kappa shape index (κ3) is 4.69. The molecule has 0 spiro atoms. The van der Waals surface area contributed by atoms with E-state index < -0.39 is 0 Å². The van der Waals surface area contributed by atoms with Gasteiger partial charge < -0.3 is 4.90 Å². The summed E-state index contributed by atoms with van der Waals surface area (Å²) in [5.74, 6) is 0. The van der Waals surface area contributed by atoms with Crippen molar-refractivity contribution in [3.8, 4) is 33.4 Å². The van der Waals surface area contributed by atoms with E-state index in [0.717, 1.165) is 0 Å². The van der Waals surface area contributed by atoms with Crippen LogP contribution in [-0.2, 0) is 10.8 Å². The van der Waals surface area contributed by atoms with Crippen molar-refractivity contribution in [3.05, 3.63) is 157 Å². The number of fused-ring (bicyclic) bond motifs is 3. The Morgan fingerprint density at radius 3 is 1.77 bits per heavy atom. The van der Waals surface area contributed by atoms with Crippen molar-refractivity contribution in [3.63, 3.8) is 0 Å². The second-order valence-electron chi connectivity index (χ2n) is 17.2. The molecule has 1 saturated carbocycles. The van der Waals surface area contributed by atoms with Gasteiger partial charge in [0.2, 0.25) is 0 Å². The summed E-state index contributed by atoms with van der Waals surface area (Å²) in [6.45, 7) is 12.0. The van der Waals surface area contributed by atoms with Crippen LogP contribution in [0.1, 0.15) is 71.4 Å². The van der Waals surface area contributed by atoms with Crippen LogP contribution < -0.4 is 4.90 Å². The Morgan fingerprint density at radius 1 is 0.509 bits per heavy atom. The van der Waals surface area contributed by atoms with Gasteiger partial charge in [0.25, 0.3) is 0 Å². The van der Waals surface area contributed by atoms with Crippen molar-refractivity contribution in [1.29, 1.82) is 0 Å². The zero-order chi connectivity index (χ0) is 36.1. The highest BCUT2D eigenvalue weighted by molar-refractivity contribution is 6.30. The van der Waals surface area contributed by atoms with Crippen LogP contribution in [-0.4, -0.2) is 5.54 Å². The molecule has 1 heteroatoms. The lowest BCUT2D eigenvalue weighted by atomic mass is 9.61. The number of benzene rings is 8. The fourth-order valence-corrected chi connectivity index (χ4v) is 10.3. The summed E-state index contributed by atoms with van der Waals surface area (Å²) < 4.78 is 0. The van der Waals surface area contributed by atoms with Crippen molar-refractivity contribution < 1.29 is 0 Å². The molecular weight excluding hydrogens is 639 g/mol. The lowest BCUT2D eigenvalue weighted by molar-refractivity contribution is 0.195. The smallest absolute Gasteiger partial charge is 0.0517 e. The Labute approximate surface area is 314 Å². The quantitative estimate of drug-likeness (QED) is 0.167. The summed E-state index contributed by atoms with van der Waals surface area (Å²) in [6, 6.07) is 55.4. The predicted molar refractivity (Wildman–Crippen MR) is 228 cm³/mol. The van der Waals surface area contributed by atoms with E-state index in [2.05, 4.69) is 185 Å². The van der Waals surface area contributed by atoms with Crippen LogP contribution in [0, 0.1) is 0 Å². The molecule has 0 saturated heterocycles. The van der Waals surface area contributed by atoms with Crippen molar-refractivity contribution in [2.75, 3.05) is 4.90 Å². The third-order valence-electron chi connectivity index (χ3n) is 13.4. The van der Waals surface area contributed by atoms with Crippen molar-refractivity contribution in [2.24, 2.45) is 0 Å². The van der Waals surface area contributed by atoms with Crippen LogP contribution in [0.5, 0.6) is 0 Å². The van der Waals surface area contributed by atoms with Gasteiger partial charge in [0, 0.05) is 16.8 Å². The molecule has 1 fully saturated rings. The van der Waals surface area contributed by atoms with Crippen LogP contribution in [0.25, 0.3) is 65.7 Å². The molecule has 1 heterocycles. The molecule has 2 unspecified atom stereocenters. The molecule has 1 nitrogen and oxygen atoms in total. The minimum atomic E-state index is 0.00114. The fourth-order valence-electron chi connectivity index (χ4n) is 10.3. The summed E-state index contributed by atoms with van der Waals surface area (Å²) in [5.41, 5.74) is 13.4. The Balaban J connectivity index is 1.23. The van der Waals surface area contributed by atoms with E-state index >= 15 is 0 Å². The van der Waals surface area contributed by atoms with Crippen molar-refractivity contribution >= 4 is 43.7 Å². The molecule has 8 aromatic carbocycles. The molecule has 0 aromatic heterocycles. The van der Waals surface area contributed by atoms with Gasteiger partial charge >= 0.3 is 0 Å². The van der Waals surface area contributed by atoms with Crippen molar-refractivity contribution in [1.82, 2.24) is 0 Å². The average molecular weight is 686 g/mol. The average Bonchev–Trinajstić information content (AvgIpc) is 3.39. The predicted octanol–water partition coefficient (Wildman–Crippen LogP) is 14.6. The number of nitrogens with zero attached hydrogens (tertiary/aromatic N) is 1. The minimum absolute atomic E-state index is 0.00114. The molecule has 10 rings (SSSR count). The first-order valence-corrected chi connectivity index (χ1v) is 19.6.